The molecular weight excluding hydrogens is 172 g/mol. The van der Waals surface area contributed by atoms with E-state index in [-0.39, 0.29) is 5.41 Å². The molecule has 0 spiro atoms. The Morgan fingerprint density at radius 2 is 2.21 bits per heavy atom. The first kappa shape index (κ1) is 11.5. The molecule has 0 N–H and O–H groups in total. The standard InChI is InChI=1S/C13H22O/c1-11(2)7-6-10-13(3)9-5-4-8-12(13)14/h1,4-10H2,2-3H3. The van der Waals surface area contributed by atoms with Gasteiger partial charge in [0.1, 0.15) is 5.78 Å². The lowest BCUT2D eigenvalue weighted by molar-refractivity contribution is -0.130. The molecule has 0 heterocycles. The van der Waals surface area contributed by atoms with E-state index in [0.717, 1.165) is 38.5 Å². The number of allylic oxidation sites excluding steroid dienone is 1. The van der Waals surface area contributed by atoms with Gasteiger partial charge in [0.05, 0.1) is 0 Å². The molecule has 0 aliphatic heterocycles. The highest BCUT2D eigenvalue weighted by molar-refractivity contribution is 5.85. The molecule has 0 bridgehead atoms. The fraction of sp³-hybridized carbons (Fsp3) is 0.769. The van der Waals surface area contributed by atoms with Crippen molar-refractivity contribution in [2.45, 2.75) is 58.8 Å². The smallest absolute Gasteiger partial charge is 0.138 e. The quantitative estimate of drug-likeness (QED) is 0.621. The van der Waals surface area contributed by atoms with Gasteiger partial charge in [-0.3, -0.25) is 4.79 Å². The summed E-state index contributed by atoms with van der Waals surface area (Å²) in [6, 6.07) is 0. The second-order valence-electron chi connectivity index (χ2n) is 5.00. The summed E-state index contributed by atoms with van der Waals surface area (Å²) in [7, 11) is 0. The van der Waals surface area contributed by atoms with Crippen molar-refractivity contribution in [3.63, 3.8) is 0 Å². The largest absolute Gasteiger partial charge is 0.299 e. The maximum atomic E-state index is 11.8. The van der Waals surface area contributed by atoms with Gasteiger partial charge in [-0.15, -0.1) is 6.58 Å². The van der Waals surface area contributed by atoms with Crippen molar-refractivity contribution in [1.29, 1.82) is 0 Å². The molecule has 1 aliphatic carbocycles. The predicted octanol–water partition coefficient (Wildman–Crippen LogP) is 3.88. The molecule has 14 heavy (non-hydrogen) atoms. The van der Waals surface area contributed by atoms with Gasteiger partial charge in [0.25, 0.3) is 0 Å². The number of carbonyl (C=O) groups excluding carboxylic acids is 1. The highest BCUT2D eigenvalue weighted by atomic mass is 16.1. The number of ketones is 1. The SMILES string of the molecule is C=C(C)CCCC1(C)CCCCC1=O. The molecule has 1 atom stereocenters. The summed E-state index contributed by atoms with van der Waals surface area (Å²) in [6.45, 7) is 8.10. The lowest BCUT2D eigenvalue weighted by atomic mass is 9.71. The second-order valence-corrected chi connectivity index (χ2v) is 5.00. The molecule has 1 aliphatic rings. The molecule has 0 aromatic carbocycles. The van der Waals surface area contributed by atoms with E-state index in [1.165, 1.54) is 12.0 Å². The first-order chi connectivity index (χ1) is 6.54. The monoisotopic (exact) mass is 194 g/mol. The van der Waals surface area contributed by atoms with Gasteiger partial charge in [0, 0.05) is 11.8 Å². The van der Waals surface area contributed by atoms with E-state index in [0.29, 0.717) is 5.78 Å². The van der Waals surface area contributed by atoms with Crippen LogP contribution in [0.3, 0.4) is 0 Å². The summed E-state index contributed by atoms with van der Waals surface area (Å²) in [5, 5.41) is 0. The van der Waals surface area contributed by atoms with Gasteiger partial charge in [-0.25, -0.2) is 0 Å². The Bertz CT molecular complexity index is 229. The van der Waals surface area contributed by atoms with E-state index in [9.17, 15) is 4.79 Å². The molecule has 1 fully saturated rings. The third-order valence-electron chi connectivity index (χ3n) is 3.39. The van der Waals surface area contributed by atoms with Crippen molar-refractivity contribution in [1.82, 2.24) is 0 Å². The van der Waals surface area contributed by atoms with Gasteiger partial charge in [0.2, 0.25) is 0 Å². The van der Waals surface area contributed by atoms with Crippen LogP contribution >= 0.6 is 0 Å². The summed E-state index contributed by atoms with van der Waals surface area (Å²) >= 11 is 0. The molecule has 0 radical (unpaired) electrons. The van der Waals surface area contributed by atoms with Crippen molar-refractivity contribution < 1.29 is 4.79 Å². The molecule has 1 nitrogen and oxygen atoms in total. The Morgan fingerprint density at radius 1 is 1.50 bits per heavy atom. The normalized spacial score (nSPS) is 27.7. The zero-order valence-corrected chi connectivity index (χ0v) is 9.57. The summed E-state index contributed by atoms with van der Waals surface area (Å²) in [5.41, 5.74) is 1.23. The van der Waals surface area contributed by atoms with Gasteiger partial charge >= 0.3 is 0 Å². The van der Waals surface area contributed by atoms with Gasteiger partial charge in [-0.2, -0.15) is 0 Å². The van der Waals surface area contributed by atoms with Crippen LogP contribution in [0.5, 0.6) is 0 Å². The Balaban J connectivity index is 2.39. The van der Waals surface area contributed by atoms with Crippen molar-refractivity contribution in [2.24, 2.45) is 5.41 Å². The minimum absolute atomic E-state index is 0.00625. The molecule has 0 aromatic rings. The molecule has 1 unspecified atom stereocenters. The van der Waals surface area contributed by atoms with Crippen LogP contribution in [0.4, 0.5) is 0 Å². The zero-order chi connectivity index (χ0) is 10.6. The van der Waals surface area contributed by atoms with E-state index in [1.807, 2.05) is 0 Å². The summed E-state index contributed by atoms with van der Waals surface area (Å²) < 4.78 is 0. The molecule has 0 saturated heterocycles. The molecule has 1 rings (SSSR count). The predicted molar refractivity (Wildman–Crippen MR) is 60.2 cm³/mol. The molecule has 80 valence electrons. The van der Waals surface area contributed by atoms with Crippen LogP contribution in [0.1, 0.15) is 58.8 Å². The van der Waals surface area contributed by atoms with Crippen molar-refractivity contribution in [2.75, 3.05) is 0 Å². The minimum Gasteiger partial charge on any atom is -0.299 e. The van der Waals surface area contributed by atoms with Crippen LogP contribution in [-0.2, 0) is 4.79 Å². The van der Waals surface area contributed by atoms with Gasteiger partial charge in [0.15, 0.2) is 0 Å². The van der Waals surface area contributed by atoms with Crippen LogP contribution in [0.2, 0.25) is 0 Å². The van der Waals surface area contributed by atoms with Gasteiger partial charge in [-0.1, -0.05) is 18.9 Å². The number of carbonyl (C=O) groups is 1. The number of hydrogen-bond donors (Lipinski definition) is 0. The fourth-order valence-electron chi connectivity index (χ4n) is 2.29. The molecule has 0 amide bonds. The number of Topliss-reactive ketones (excluding diaryl/α,β-unsaturated/α-hetero) is 1. The molecule has 0 aromatic heterocycles. The Kier molecular flexibility index (Phi) is 3.91. The third-order valence-corrected chi connectivity index (χ3v) is 3.39. The summed E-state index contributed by atoms with van der Waals surface area (Å²) in [6.07, 6.45) is 7.49. The molecule has 1 heteroatoms. The first-order valence-electron chi connectivity index (χ1n) is 5.72. The van der Waals surface area contributed by atoms with Crippen molar-refractivity contribution >= 4 is 5.78 Å². The molecular formula is C13H22O. The summed E-state index contributed by atoms with van der Waals surface area (Å²) in [4.78, 5) is 11.8. The van der Waals surface area contributed by atoms with Crippen LogP contribution in [0.15, 0.2) is 12.2 Å². The Hall–Kier alpha value is -0.590. The Morgan fingerprint density at radius 3 is 2.79 bits per heavy atom. The second kappa shape index (κ2) is 4.77. The lowest BCUT2D eigenvalue weighted by Gasteiger charge is -2.32. The van der Waals surface area contributed by atoms with Crippen LogP contribution in [0, 0.1) is 5.41 Å². The third kappa shape index (κ3) is 2.97. The average molecular weight is 194 g/mol. The van der Waals surface area contributed by atoms with Gasteiger partial charge in [-0.05, 0) is 39.0 Å². The maximum Gasteiger partial charge on any atom is 0.138 e. The van der Waals surface area contributed by atoms with Crippen LogP contribution in [0.25, 0.3) is 0 Å². The first-order valence-corrected chi connectivity index (χ1v) is 5.72. The highest BCUT2D eigenvalue weighted by Crippen LogP contribution is 2.37. The van der Waals surface area contributed by atoms with E-state index >= 15 is 0 Å². The number of hydrogen-bond acceptors (Lipinski definition) is 1. The van der Waals surface area contributed by atoms with E-state index in [2.05, 4.69) is 20.4 Å². The highest BCUT2D eigenvalue weighted by Gasteiger charge is 2.33. The van der Waals surface area contributed by atoms with E-state index in [4.69, 9.17) is 0 Å². The Labute approximate surface area is 87.6 Å². The molecule has 1 saturated carbocycles. The average Bonchev–Trinajstić information content (AvgIpc) is 2.10. The number of rotatable bonds is 4. The minimum atomic E-state index is -0.00625. The van der Waals surface area contributed by atoms with Gasteiger partial charge < -0.3 is 0 Å². The summed E-state index contributed by atoms with van der Waals surface area (Å²) in [5.74, 6) is 0.491. The fourth-order valence-corrected chi connectivity index (χ4v) is 2.29. The maximum absolute atomic E-state index is 11.8. The zero-order valence-electron chi connectivity index (χ0n) is 9.57. The topological polar surface area (TPSA) is 17.1 Å². The van der Waals surface area contributed by atoms with Crippen molar-refractivity contribution in [3.05, 3.63) is 12.2 Å². The van der Waals surface area contributed by atoms with Crippen LogP contribution < -0.4 is 0 Å². The van der Waals surface area contributed by atoms with Crippen molar-refractivity contribution in [3.8, 4) is 0 Å². The van der Waals surface area contributed by atoms with Crippen LogP contribution in [-0.4, -0.2) is 5.78 Å². The van der Waals surface area contributed by atoms with E-state index < -0.39 is 0 Å². The lowest BCUT2D eigenvalue weighted by Crippen LogP contribution is -2.30. The van der Waals surface area contributed by atoms with E-state index in [1.54, 1.807) is 0 Å².